The third kappa shape index (κ3) is 15.0. The van der Waals surface area contributed by atoms with Crippen LogP contribution in [0.3, 0.4) is 0 Å². The molecule has 2 amide bonds. The molecule has 1 unspecified atom stereocenters. The van der Waals surface area contributed by atoms with E-state index in [4.69, 9.17) is 25.8 Å². The number of hydrogen-bond acceptors (Lipinski definition) is 14. The maximum atomic E-state index is 14.2. The smallest absolute Gasteiger partial charge is 0.446 e. The number of pyridine rings is 1. The van der Waals surface area contributed by atoms with E-state index in [0.717, 1.165) is 121 Å². The molecule has 16 nitrogen and oxygen atoms in total. The molecule has 3 N–H and O–H groups in total. The number of piperazine rings is 1. The van der Waals surface area contributed by atoms with Crippen molar-refractivity contribution in [3.05, 3.63) is 107 Å². The fraction of sp³-hybridized carbons (Fsp3) is 0.508. The topological polar surface area (TPSA) is 165 Å². The van der Waals surface area contributed by atoms with Crippen molar-refractivity contribution in [3.8, 4) is 11.5 Å². The number of thioether (sulfide) groups is 1. The van der Waals surface area contributed by atoms with E-state index in [2.05, 4.69) is 58.7 Å². The lowest BCUT2D eigenvalue weighted by molar-refractivity contribution is -0.0628. The van der Waals surface area contributed by atoms with Gasteiger partial charge in [0.1, 0.15) is 22.7 Å². The molecule has 5 aromatic rings. The number of allylic oxidation sites excluding steroid dienone is 1. The standard InChI is InChI=1S/C59H73ClF3N9O7S2/c1-56(2,3)79-55(74)72-39-58(40-72)17-22-70(23-18-58)38-57(4)16-14-48(41-6-8-44(60)9-7-41)43(35-57)37-69-24-26-71(27-25-69)45-10-12-49(51(33-45)78-46-32-42-15-20-65-53(42)66-36-46)54(73)67-81(75,76)47-11-13-50(52(34-47)80-59(61,62)63)64-19-5-21-68-28-30-77-31-29-68/h6-13,15,20,32-34,36,64H,5,14,16-19,21-31,35,37-40H2,1-4H3,(H,65,66)(H,67,73). The molecule has 4 aliphatic heterocycles. The second-order valence-corrected chi connectivity index (χ2v) is 26.9. The van der Waals surface area contributed by atoms with Gasteiger partial charge in [0, 0.05) is 116 Å². The Morgan fingerprint density at radius 2 is 1.62 bits per heavy atom. The maximum absolute atomic E-state index is 14.2. The average Bonchev–Trinajstić information content (AvgIpc) is 3.98. The van der Waals surface area contributed by atoms with E-state index in [-0.39, 0.29) is 38.8 Å². The molecule has 436 valence electrons. The third-order valence-electron chi connectivity index (χ3n) is 16.2. The number of piperidine rings is 1. The predicted octanol–water partition coefficient (Wildman–Crippen LogP) is 11.0. The minimum atomic E-state index is -4.71. The minimum Gasteiger partial charge on any atom is -0.455 e. The van der Waals surface area contributed by atoms with Crippen LogP contribution in [0.15, 0.2) is 101 Å². The van der Waals surface area contributed by atoms with Crippen LogP contribution in [-0.4, -0.2) is 166 Å². The molecule has 1 atom stereocenters. The summed E-state index contributed by atoms with van der Waals surface area (Å²) in [6.45, 7) is 20.3. The largest absolute Gasteiger partial charge is 0.455 e. The fourth-order valence-corrected chi connectivity index (χ4v) is 13.9. The van der Waals surface area contributed by atoms with E-state index < -0.39 is 43.7 Å². The Kier molecular flexibility index (Phi) is 17.6. The number of aromatic amines is 1. The molecule has 1 spiro atoms. The lowest BCUT2D eigenvalue weighted by Crippen LogP contribution is -2.62. The Morgan fingerprint density at radius 3 is 2.33 bits per heavy atom. The van der Waals surface area contributed by atoms with Gasteiger partial charge >= 0.3 is 11.6 Å². The zero-order chi connectivity index (χ0) is 57.2. The van der Waals surface area contributed by atoms with Gasteiger partial charge in [-0.05, 0) is 162 Å². The predicted molar refractivity (Wildman–Crippen MR) is 311 cm³/mol. The van der Waals surface area contributed by atoms with Gasteiger partial charge in [-0.1, -0.05) is 36.2 Å². The zero-order valence-electron chi connectivity index (χ0n) is 46.5. The maximum Gasteiger partial charge on any atom is 0.446 e. The number of halogens is 4. The van der Waals surface area contributed by atoms with Gasteiger partial charge in [0.15, 0.2) is 0 Å². The van der Waals surface area contributed by atoms with Crippen molar-refractivity contribution < 1.29 is 45.4 Å². The lowest BCUT2D eigenvalue weighted by Gasteiger charge is -2.54. The molecule has 4 fully saturated rings. The molecular formula is C59H73ClF3N9O7S2. The number of alkyl halides is 3. The van der Waals surface area contributed by atoms with E-state index in [9.17, 15) is 31.2 Å². The molecule has 1 aliphatic carbocycles. The lowest BCUT2D eigenvalue weighted by atomic mass is 9.69. The first-order valence-corrected chi connectivity index (χ1v) is 30.6. The van der Waals surface area contributed by atoms with E-state index in [1.807, 2.05) is 43.9 Å². The summed E-state index contributed by atoms with van der Waals surface area (Å²) in [5.74, 6) is -0.644. The van der Waals surface area contributed by atoms with Crippen molar-refractivity contribution in [2.45, 2.75) is 87.1 Å². The number of sulfonamides is 1. The van der Waals surface area contributed by atoms with Crippen LogP contribution in [0.25, 0.3) is 16.6 Å². The fourth-order valence-electron chi connectivity index (χ4n) is 12.0. The van der Waals surface area contributed by atoms with E-state index in [0.29, 0.717) is 55.7 Å². The summed E-state index contributed by atoms with van der Waals surface area (Å²) in [4.78, 5) is 45.0. The number of rotatable bonds is 17. The number of aromatic nitrogens is 2. The molecular weight excluding hydrogens is 1100 g/mol. The number of carbonyl (C=O) groups excluding carboxylic acids is 2. The van der Waals surface area contributed by atoms with Crippen LogP contribution < -0.4 is 19.7 Å². The Morgan fingerprint density at radius 1 is 0.877 bits per heavy atom. The van der Waals surface area contributed by atoms with Crippen molar-refractivity contribution in [2.75, 3.05) is 115 Å². The van der Waals surface area contributed by atoms with Crippen molar-refractivity contribution in [1.82, 2.24) is 34.3 Å². The van der Waals surface area contributed by atoms with Crippen LogP contribution in [0, 0.1) is 10.8 Å². The van der Waals surface area contributed by atoms with Crippen LogP contribution in [-0.2, 0) is 19.5 Å². The Hall–Kier alpha value is -5.55. The number of nitrogens with one attached hydrogen (secondary N) is 3. The van der Waals surface area contributed by atoms with E-state index >= 15 is 0 Å². The second-order valence-electron chi connectivity index (χ2n) is 23.7. The molecule has 81 heavy (non-hydrogen) atoms. The first-order valence-electron chi connectivity index (χ1n) is 28.0. The number of nitrogens with zero attached hydrogens (tertiary/aromatic N) is 6. The van der Waals surface area contributed by atoms with Crippen molar-refractivity contribution in [1.29, 1.82) is 0 Å². The number of H-pyrrole nitrogens is 1. The monoisotopic (exact) mass is 1180 g/mol. The SMILES string of the molecule is CC1(CN2CCC3(CC2)CN(C(=O)OC(C)(C)C)C3)CCC(c2ccc(Cl)cc2)=C(CN2CCN(c3ccc(C(=O)NS(=O)(=O)c4ccc(NCCCN5CCOCC5)c(SC(F)(F)F)c4)c(Oc4cnc5[nH]ccc5c4)c3)CC2)C1. The van der Waals surface area contributed by atoms with Crippen LogP contribution in [0.2, 0.25) is 5.02 Å². The quantitative estimate of drug-likeness (QED) is 0.0595. The summed E-state index contributed by atoms with van der Waals surface area (Å²) in [5.41, 5.74) is 0.463. The summed E-state index contributed by atoms with van der Waals surface area (Å²) in [7, 11) is -4.69. The van der Waals surface area contributed by atoms with Crippen LogP contribution in [0.1, 0.15) is 82.1 Å². The Labute approximate surface area is 482 Å². The van der Waals surface area contributed by atoms with Crippen molar-refractivity contribution in [3.63, 3.8) is 0 Å². The molecule has 10 rings (SSSR count). The normalized spacial score (nSPS) is 20.6. The van der Waals surface area contributed by atoms with Gasteiger partial charge in [-0.15, -0.1) is 0 Å². The van der Waals surface area contributed by atoms with Crippen molar-refractivity contribution >= 4 is 73.4 Å². The van der Waals surface area contributed by atoms with Gasteiger partial charge in [0.05, 0.1) is 29.9 Å². The molecule has 0 bridgehead atoms. The van der Waals surface area contributed by atoms with Crippen LogP contribution in [0.5, 0.6) is 11.5 Å². The van der Waals surface area contributed by atoms with Gasteiger partial charge in [-0.3, -0.25) is 14.6 Å². The second kappa shape index (κ2) is 24.3. The molecule has 4 saturated heterocycles. The van der Waals surface area contributed by atoms with E-state index in [1.54, 1.807) is 24.4 Å². The van der Waals surface area contributed by atoms with Crippen LogP contribution >= 0.6 is 23.4 Å². The van der Waals surface area contributed by atoms with Crippen molar-refractivity contribution in [2.24, 2.45) is 10.8 Å². The number of hydrogen-bond donors (Lipinski definition) is 3. The van der Waals surface area contributed by atoms with Gasteiger partial charge in [-0.2, -0.15) is 13.2 Å². The Balaban J connectivity index is 0.814. The number of amides is 2. The summed E-state index contributed by atoms with van der Waals surface area (Å²) in [5, 5.41) is 4.50. The molecule has 22 heteroatoms. The highest BCUT2D eigenvalue weighted by Gasteiger charge is 2.48. The number of fused-ring (bicyclic) bond motifs is 1. The first-order chi connectivity index (χ1) is 38.6. The number of ether oxygens (including phenoxy) is 3. The third-order valence-corrected chi connectivity index (χ3v) is 18.6. The summed E-state index contributed by atoms with van der Waals surface area (Å²) >= 11 is 5.96. The Bertz CT molecular complexity index is 3200. The number of carbonyl (C=O) groups is 2. The number of likely N-dealkylation sites (tertiary alicyclic amines) is 2. The van der Waals surface area contributed by atoms with Gasteiger partial charge < -0.3 is 39.2 Å². The molecule has 0 radical (unpaired) electrons. The highest BCUT2D eigenvalue weighted by atomic mass is 35.5. The number of anilines is 2. The summed E-state index contributed by atoms with van der Waals surface area (Å²) in [6.07, 6.45) is 8.81. The van der Waals surface area contributed by atoms with Crippen LogP contribution in [0.4, 0.5) is 29.3 Å². The van der Waals surface area contributed by atoms with E-state index in [1.165, 1.54) is 41.1 Å². The number of benzene rings is 3. The molecule has 6 heterocycles. The molecule has 0 saturated carbocycles. The van der Waals surface area contributed by atoms with Gasteiger partial charge in [0.2, 0.25) is 0 Å². The first kappa shape index (κ1) is 58.6. The summed E-state index contributed by atoms with van der Waals surface area (Å²) in [6, 6.07) is 20.2. The molecule has 5 aliphatic rings. The average molecular weight is 1180 g/mol. The highest BCUT2D eigenvalue weighted by molar-refractivity contribution is 8.00. The molecule has 3 aromatic carbocycles. The highest BCUT2D eigenvalue weighted by Crippen LogP contribution is 2.47. The van der Waals surface area contributed by atoms with Gasteiger partial charge in [0.25, 0.3) is 15.9 Å². The molecule has 2 aromatic heterocycles. The minimum absolute atomic E-state index is 0.0721. The number of morpholine rings is 1. The summed E-state index contributed by atoms with van der Waals surface area (Å²) < 4.78 is 89.1. The zero-order valence-corrected chi connectivity index (χ0v) is 48.9. The van der Waals surface area contributed by atoms with Gasteiger partial charge in [-0.25, -0.2) is 22.9 Å².